The van der Waals surface area contributed by atoms with Gasteiger partial charge in [-0.1, -0.05) is 37.6 Å². The monoisotopic (exact) mass is 220 g/mol. The minimum absolute atomic E-state index is 0.391. The molecule has 1 unspecified atom stereocenters. The van der Waals surface area contributed by atoms with Gasteiger partial charge in [0.15, 0.2) is 0 Å². The SMILES string of the molecule is CNC(CNC(C)C)c1cc(C)ccc1C. The summed E-state index contributed by atoms with van der Waals surface area (Å²) in [6.45, 7) is 9.64. The fourth-order valence-electron chi connectivity index (χ4n) is 1.86. The molecule has 0 spiro atoms. The van der Waals surface area contributed by atoms with Crippen molar-refractivity contribution in [2.24, 2.45) is 0 Å². The Morgan fingerprint density at radius 1 is 1.19 bits per heavy atom. The number of hydrogen-bond acceptors (Lipinski definition) is 2. The second-order valence-electron chi connectivity index (χ2n) is 4.76. The molecule has 0 aliphatic rings. The summed E-state index contributed by atoms with van der Waals surface area (Å²) in [5.74, 6) is 0. The maximum atomic E-state index is 3.48. The van der Waals surface area contributed by atoms with Gasteiger partial charge in [-0.2, -0.15) is 0 Å². The van der Waals surface area contributed by atoms with Crippen molar-refractivity contribution in [3.63, 3.8) is 0 Å². The average Bonchev–Trinajstić information content (AvgIpc) is 2.23. The lowest BCUT2D eigenvalue weighted by molar-refractivity contribution is 0.490. The Hall–Kier alpha value is -0.860. The Morgan fingerprint density at radius 2 is 1.88 bits per heavy atom. The van der Waals surface area contributed by atoms with Crippen LogP contribution in [0.5, 0.6) is 0 Å². The second-order valence-corrected chi connectivity index (χ2v) is 4.76. The van der Waals surface area contributed by atoms with Crippen molar-refractivity contribution in [1.82, 2.24) is 10.6 Å². The second kappa shape index (κ2) is 6.02. The molecule has 2 heteroatoms. The highest BCUT2D eigenvalue weighted by Gasteiger charge is 2.11. The van der Waals surface area contributed by atoms with Gasteiger partial charge in [-0.25, -0.2) is 0 Å². The first-order valence-corrected chi connectivity index (χ1v) is 6.02. The lowest BCUT2D eigenvalue weighted by atomic mass is 9.99. The van der Waals surface area contributed by atoms with Gasteiger partial charge in [0.05, 0.1) is 0 Å². The zero-order valence-corrected chi connectivity index (χ0v) is 11.1. The molecule has 0 fully saturated rings. The highest BCUT2D eigenvalue weighted by molar-refractivity contribution is 5.33. The van der Waals surface area contributed by atoms with Gasteiger partial charge in [-0.05, 0) is 32.0 Å². The maximum Gasteiger partial charge on any atom is 0.0447 e. The van der Waals surface area contributed by atoms with E-state index in [1.807, 2.05) is 7.05 Å². The minimum Gasteiger partial charge on any atom is -0.313 e. The molecule has 90 valence electrons. The molecule has 1 atom stereocenters. The Bertz CT molecular complexity index is 332. The lowest BCUT2D eigenvalue weighted by Gasteiger charge is -2.21. The molecule has 1 aromatic carbocycles. The average molecular weight is 220 g/mol. The van der Waals surface area contributed by atoms with Crippen LogP contribution in [-0.2, 0) is 0 Å². The maximum absolute atomic E-state index is 3.48. The van der Waals surface area contributed by atoms with Crippen molar-refractivity contribution >= 4 is 0 Å². The summed E-state index contributed by atoms with van der Waals surface area (Å²) in [5.41, 5.74) is 4.08. The minimum atomic E-state index is 0.391. The van der Waals surface area contributed by atoms with E-state index in [2.05, 4.69) is 56.5 Å². The van der Waals surface area contributed by atoms with Crippen LogP contribution in [0, 0.1) is 13.8 Å². The predicted molar refractivity (Wildman–Crippen MR) is 70.9 cm³/mol. The van der Waals surface area contributed by atoms with E-state index in [0.29, 0.717) is 12.1 Å². The third-order valence-corrected chi connectivity index (χ3v) is 2.89. The van der Waals surface area contributed by atoms with Crippen molar-refractivity contribution in [2.45, 2.75) is 39.8 Å². The standard InChI is InChI=1S/C14H24N2/c1-10(2)16-9-14(15-5)13-8-11(3)6-7-12(13)4/h6-8,10,14-16H,9H2,1-5H3. The van der Waals surface area contributed by atoms with Gasteiger partial charge >= 0.3 is 0 Å². The van der Waals surface area contributed by atoms with Crippen LogP contribution in [0.4, 0.5) is 0 Å². The Balaban J connectivity index is 2.81. The first-order valence-electron chi connectivity index (χ1n) is 6.02. The van der Waals surface area contributed by atoms with Crippen LogP contribution in [-0.4, -0.2) is 19.6 Å². The molecule has 1 aromatic rings. The van der Waals surface area contributed by atoms with Crippen molar-refractivity contribution in [1.29, 1.82) is 0 Å². The Labute approximate surface area is 99.5 Å². The van der Waals surface area contributed by atoms with Gasteiger partial charge < -0.3 is 10.6 Å². The van der Waals surface area contributed by atoms with Gasteiger partial charge in [0.25, 0.3) is 0 Å². The third kappa shape index (κ3) is 3.62. The lowest BCUT2D eigenvalue weighted by Crippen LogP contribution is -2.33. The Kier molecular flexibility index (Phi) is 4.97. The normalized spacial score (nSPS) is 13.1. The van der Waals surface area contributed by atoms with E-state index in [9.17, 15) is 0 Å². The summed E-state index contributed by atoms with van der Waals surface area (Å²) < 4.78 is 0. The molecule has 16 heavy (non-hydrogen) atoms. The highest BCUT2D eigenvalue weighted by Crippen LogP contribution is 2.18. The van der Waals surface area contributed by atoms with Gasteiger partial charge in [0.1, 0.15) is 0 Å². The van der Waals surface area contributed by atoms with E-state index in [1.165, 1.54) is 16.7 Å². The zero-order chi connectivity index (χ0) is 12.1. The van der Waals surface area contributed by atoms with E-state index >= 15 is 0 Å². The van der Waals surface area contributed by atoms with Crippen molar-refractivity contribution < 1.29 is 0 Å². The number of rotatable bonds is 5. The van der Waals surface area contributed by atoms with Crippen LogP contribution in [0.1, 0.15) is 36.6 Å². The van der Waals surface area contributed by atoms with Crippen LogP contribution in [0.15, 0.2) is 18.2 Å². The molecular weight excluding hydrogens is 196 g/mol. The van der Waals surface area contributed by atoms with E-state index in [1.54, 1.807) is 0 Å². The molecular formula is C14H24N2. The van der Waals surface area contributed by atoms with Crippen molar-refractivity contribution in [2.75, 3.05) is 13.6 Å². The molecule has 0 radical (unpaired) electrons. The number of aryl methyl sites for hydroxylation is 2. The molecule has 0 bridgehead atoms. The summed E-state index contributed by atoms with van der Waals surface area (Å²) in [7, 11) is 2.02. The van der Waals surface area contributed by atoms with Crippen molar-refractivity contribution in [3.8, 4) is 0 Å². The van der Waals surface area contributed by atoms with Crippen LogP contribution in [0.2, 0.25) is 0 Å². The van der Waals surface area contributed by atoms with E-state index in [4.69, 9.17) is 0 Å². The van der Waals surface area contributed by atoms with Crippen LogP contribution in [0.25, 0.3) is 0 Å². The van der Waals surface area contributed by atoms with E-state index in [0.717, 1.165) is 6.54 Å². The Morgan fingerprint density at radius 3 is 2.44 bits per heavy atom. The number of nitrogens with one attached hydrogen (secondary N) is 2. The fourth-order valence-corrected chi connectivity index (χ4v) is 1.86. The summed E-state index contributed by atoms with van der Waals surface area (Å²) in [6, 6.07) is 7.56. The largest absolute Gasteiger partial charge is 0.313 e. The quantitative estimate of drug-likeness (QED) is 0.797. The van der Waals surface area contributed by atoms with Crippen LogP contribution >= 0.6 is 0 Å². The topological polar surface area (TPSA) is 24.1 Å². The molecule has 0 saturated heterocycles. The van der Waals surface area contributed by atoms with Gasteiger partial charge in [0.2, 0.25) is 0 Å². The molecule has 0 amide bonds. The third-order valence-electron chi connectivity index (χ3n) is 2.89. The molecule has 0 aromatic heterocycles. The zero-order valence-electron chi connectivity index (χ0n) is 11.1. The summed E-state index contributed by atoms with van der Waals surface area (Å²) >= 11 is 0. The fraction of sp³-hybridized carbons (Fsp3) is 0.571. The molecule has 0 aliphatic carbocycles. The van der Waals surface area contributed by atoms with Crippen LogP contribution in [0.3, 0.4) is 0 Å². The molecule has 0 saturated carbocycles. The number of likely N-dealkylation sites (N-methyl/N-ethyl adjacent to an activating group) is 1. The predicted octanol–water partition coefficient (Wildman–Crippen LogP) is 2.56. The van der Waals surface area contributed by atoms with E-state index in [-0.39, 0.29) is 0 Å². The number of benzene rings is 1. The van der Waals surface area contributed by atoms with Crippen LogP contribution < -0.4 is 10.6 Å². The summed E-state index contributed by atoms with van der Waals surface area (Å²) in [4.78, 5) is 0. The summed E-state index contributed by atoms with van der Waals surface area (Å²) in [6.07, 6.45) is 0. The van der Waals surface area contributed by atoms with Crippen molar-refractivity contribution in [3.05, 3.63) is 34.9 Å². The van der Waals surface area contributed by atoms with Gasteiger partial charge in [0, 0.05) is 18.6 Å². The summed E-state index contributed by atoms with van der Waals surface area (Å²) in [5, 5.41) is 6.86. The van der Waals surface area contributed by atoms with Gasteiger partial charge in [-0.15, -0.1) is 0 Å². The molecule has 0 heterocycles. The van der Waals surface area contributed by atoms with E-state index < -0.39 is 0 Å². The molecule has 2 N–H and O–H groups in total. The smallest absolute Gasteiger partial charge is 0.0447 e. The molecule has 2 nitrogen and oxygen atoms in total. The van der Waals surface area contributed by atoms with Gasteiger partial charge in [-0.3, -0.25) is 0 Å². The number of hydrogen-bond donors (Lipinski definition) is 2. The first kappa shape index (κ1) is 13.2. The molecule has 0 aliphatic heterocycles. The highest BCUT2D eigenvalue weighted by atomic mass is 15.0. The first-order chi connectivity index (χ1) is 7.54. The molecule has 1 rings (SSSR count).